The van der Waals surface area contributed by atoms with Gasteiger partial charge in [-0.25, -0.2) is 0 Å². The minimum atomic E-state index is -0.806. The van der Waals surface area contributed by atoms with E-state index in [4.69, 9.17) is 4.74 Å². The van der Waals surface area contributed by atoms with Crippen LogP contribution in [0.2, 0.25) is 0 Å². The molecule has 1 amide bonds. The van der Waals surface area contributed by atoms with E-state index in [0.717, 1.165) is 0 Å². The normalized spacial score (nSPS) is 23.6. The molecule has 0 aromatic carbocycles. The van der Waals surface area contributed by atoms with Gasteiger partial charge in [-0.15, -0.1) is 0 Å². The van der Waals surface area contributed by atoms with Crippen molar-refractivity contribution in [1.29, 1.82) is 0 Å². The molecule has 0 radical (unpaired) electrons. The molecule has 3 heterocycles. The summed E-state index contributed by atoms with van der Waals surface area (Å²) in [7, 11) is 0. The van der Waals surface area contributed by atoms with Gasteiger partial charge in [0, 0.05) is 49.7 Å². The molecule has 2 aliphatic heterocycles. The first kappa shape index (κ1) is 17.0. The summed E-state index contributed by atoms with van der Waals surface area (Å²) in [6, 6.07) is 1.82. The fourth-order valence-corrected chi connectivity index (χ4v) is 3.87. The van der Waals surface area contributed by atoms with Crippen LogP contribution in [0.1, 0.15) is 44.0 Å². The van der Waals surface area contributed by atoms with Gasteiger partial charge in [-0.05, 0) is 39.7 Å². The lowest BCUT2D eigenvalue weighted by atomic mass is 9.72. The van der Waals surface area contributed by atoms with Gasteiger partial charge in [-0.1, -0.05) is 0 Å². The third-order valence-electron chi connectivity index (χ3n) is 5.44. The number of carbonyl (C=O) groups is 2. The second kappa shape index (κ2) is 5.92. The maximum absolute atomic E-state index is 12.9. The predicted molar refractivity (Wildman–Crippen MR) is 88.9 cm³/mol. The Morgan fingerprint density at radius 3 is 2.50 bits per heavy atom. The molecule has 2 fully saturated rings. The monoisotopic (exact) mass is 334 g/mol. The van der Waals surface area contributed by atoms with E-state index in [2.05, 4.69) is 20.8 Å². The minimum absolute atomic E-state index is 0.0763. The first-order valence-corrected chi connectivity index (χ1v) is 8.51. The Morgan fingerprint density at radius 2 is 1.96 bits per heavy atom. The largest absolute Gasteiger partial charge is 0.481 e. The summed E-state index contributed by atoms with van der Waals surface area (Å²) >= 11 is 0. The van der Waals surface area contributed by atoms with Crippen molar-refractivity contribution >= 4 is 11.9 Å². The summed E-state index contributed by atoms with van der Waals surface area (Å²) in [6.07, 6.45) is 5.17. The summed E-state index contributed by atoms with van der Waals surface area (Å²) in [5.74, 6) is -1.39. The molecule has 132 valence electrons. The Hall–Kier alpha value is -1.82. The van der Waals surface area contributed by atoms with Crippen molar-refractivity contribution in [1.82, 2.24) is 9.47 Å². The molecule has 1 aromatic heterocycles. The van der Waals surface area contributed by atoms with Crippen LogP contribution in [-0.4, -0.2) is 52.8 Å². The van der Waals surface area contributed by atoms with Crippen molar-refractivity contribution in [3.05, 3.63) is 24.0 Å². The van der Waals surface area contributed by atoms with Gasteiger partial charge in [0.15, 0.2) is 0 Å². The number of hydrogen-bond acceptors (Lipinski definition) is 3. The lowest BCUT2D eigenvalue weighted by Gasteiger charge is -2.36. The third-order valence-corrected chi connectivity index (χ3v) is 5.44. The fraction of sp³-hybridized carbons (Fsp3) is 0.667. The smallest absolute Gasteiger partial charge is 0.308 e. The lowest BCUT2D eigenvalue weighted by molar-refractivity contribution is -0.146. The molecule has 0 aliphatic carbocycles. The number of rotatable bonds is 2. The van der Waals surface area contributed by atoms with Gasteiger partial charge in [0.2, 0.25) is 0 Å². The molecule has 1 N–H and O–H groups in total. The Morgan fingerprint density at radius 1 is 1.29 bits per heavy atom. The first-order valence-electron chi connectivity index (χ1n) is 8.51. The van der Waals surface area contributed by atoms with E-state index >= 15 is 0 Å². The number of nitrogens with zero attached hydrogens (tertiary/aromatic N) is 2. The maximum Gasteiger partial charge on any atom is 0.308 e. The number of ether oxygens (including phenoxy) is 1. The highest BCUT2D eigenvalue weighted by molar-refractivity contribution is 5.94. The topological polar surface area (TPSA) is 71.8 Å². The van der Waals surface area contributed by atoms with Crippen LogP contribution in [0.3, 0.4) is 0 Å². The number of carboxylic acid groups (broad SMARTS) is 1. The van der Waals surface area contributed by atoms with Crippen molar-refractivity contribution in [2.24, 2.45) is 11.3 Å². The van der Waals surface area contributed by atoms with E-state index in [0.29, 0.717) is 38.2 Å². The van der Waals surface area contributed by atoms with Crippen LogP contribution < -0.4 is 0 Å². The van der Waals surface area contributed by atoms with Gasteiger partial charge < -0.3 is 19.3 Å². The summed E-state index contributed by atoms with van der Waals surface area (Å²) in [4.78, 5) is 26.3. The lowest BCUT2D eigenvalue weighted by Crippen LogP contribution is -2.40. The zero-order chi connectivity index (χ0) is 17.5. The van der Waals surface area contributed by atoms with Gasteiger partial charge >= 0.3 is 5.97 Å². The Balaban J connectivity index is 1.81. The van der Waals surface area contributed by atoms with Crippen LogP contribution in [0.25, 0.3) is 0 Å². The molecule has 0 saturated carbocycles. The second-order valence-corrected chi connectivity index (χ2v) is 8.03. The van der Waals surface area contributed by atoms with Crippen LogP contribution in [0.5, 0.6) is 0 Å². The second-order valence-electron chi connectivity index (χ2n) is 8.03. The van der Waals surface area contributed by atoms with E-state index in [9.17, 15) is 14.7 Å². The van der Waals surface area contributed by atoms with Crippen molar-refractivity contribution in [2.45, 2.75) is 39.2 Å². The number of carbonyl (C=O) groups excluding carboxylic acids is 1. The van der Waals surface area contributed by atoms with Gasteiger partial charge in [0.05, 0.1) is 11.5 Å². The summed E-state index contributed by atoms with van der Waals surface area (Å²) in [6.45, 7) is 8.18. The Bertz CT molecular complexity index is 638. The van der Waals surface area contributed by atoms with E-state index < -0.39 is 11.9 Å². The fourth-order valence-electron chi connectivity index (χ4n) is 3.87. The van der Waals surface area contributed by atoms with Crippen LogP contribution in [0.15, 0.2) is 18.5 Å². The Labute approximate surface area is 142 Å². The number of aliphatic carboxylic acids is 1. The molecule has 0 bridgehead atoms. The third kappa shape index (κ3) is 2.95. The zero-order valence-corrected chi connectivity index (χ0v) is 14.6. The molecule has 1 aromatic rings. The van der Waals surface area contributed by atoms with Crippen LogP contribution in [-0.2, 0) is 15.1 Å². The molecule has 2 saturated heterocycles. The van der Waals surface area contributed by atoms with E-state index in [1.807, 2.05) is 23.0 Å². The summed E-state index contributed by atoms with van der Waals surface area (Å²) in [5, 5.41) is 9.63. The molecule has 3 rings (SSSR count). The van der Waals surface area contributed by atoms with E-state index in [1.165, 1.54) is 0 Å². The molecular formula is C18H26N2O4. The number of hydrogen-bond donors (Lipinski definition) is 1. The van der Waals surface area contributed by atoms with Crippen molar-refractivity contribution in [3.8, 4) is 0 Å². The summed E-state index contributed by atoms with van der Waals surface area (Å²) < 4.78 is 7.41. The average Bonchev–Trinajstić information content (AvgIpc) is 3.12. The molecular weight excluding hydrogens is 308 g/mol. The predicted octanol–water partition coefficient (Wildman–Crippen LogP) is 2.20. The molecule has 1 atom stereocenters. The maximum atomic E-state index is 12.9. The average molecular weight is 334 g/mol. The zero-order valence-electron chi connectivity index (χ0n) is 14.6. The number of amides is 1. The van der Waals surface area contributed by atoms with E-state index in [1.54, 1.807) is 4.90 Å². The highest BCUT2D eigenvalue weighted by Crippen LogP contribution is 2.44. The van der Waals surface area contributed by atoms with Crippen LogP contribution >= 0.6 is 0 Å². The van der Waals surface area contributed by atoms with Crippen LogP contribution in [0.4, 0.5) is 0 Å². The van der Waals surface area contributed by atoms with Crippen molar-refractivity contribution in [3.63, 3.8) is 0 Å². The molecule has 6 nitrogen and oxygen atoms in total. The molecule has 1 spiro atoms. The summed E-state index contributed by atoms with van der Waals surface area (Å²) in [5.41, 5.74) is 0.194. The van der Waals surface area contributed by atoms with Crippen molar-refractivity contribution < 1.29 is 19.4 Å². The SMILES string of the molecule is CC(C)(C)n1ccc(C(=O)N2CC(C(=O)O)C3(CCOCC3)C2)c1. The van der Waals surface area contributed by atoms with Crippen molar-refractivity contribution in [2.75, 3.05) is 26.3 Å². The van der Waals surface area contributed by atoms with Gasteiger partial charge in [-0.3, -0.25) is 9.59 Å². The number of carboxylic acids is 1. The Kier molecular flexibility index (Phi) is 4.20. The molecule has 6 heteroatoms. The van der Waals surface area contributed by atoms with Gasteiger partial charge in [-0.2, -0.15) is 0 Å². The van der Waals surface area contributed by atoms with Gasteiger partial charge in [0.1, 0.15) is 0 Å². The number of aromatic nitrogens is 1. The molecule has 2 aliphatic rings. The van der Waals surface area contributed by atoms with Gasteiger partial charge in [0.25, 0.3) is 5.91 Å². The highest BCUT2D eigenvalue weighted by atomic mass is 16.5. The van der Waals surface area contributed by atoms with E-state index in [-0.39, 0.29) is 23.4 Å². The molecule has 24 heavy (non-hydrogen) atoms. The highest BCUT2D eigenvalue weighted by Gasteiger charge is 2.52. The van der Waals surface area contributed by atoms with Crippen LogP contribution in [0, 0.1) is 11.3 Å². The standard InChI is InChI=1S/C18H26N2O4/c1-17(2,3)20-7-4-13(10-20)15(21)19-11-14(16(22)23)18(12-19)5-8-24-9-6-18/h4,7,10,14H,5-6,8-9,11-12H2,1-3H3,(H,22,23). The first-order chi connectivity index (χ1) is 11.2. The minimum Gasteiger partial charge on any atom is -0.481 e. The molecule has 1 unspecified atom stereocenters. The quantitative estimate of drug-likeness (QED) is 0.900. The number of likely N-dealkylation sites (tertiary alicyclic amines) is 1.